The van der Waals surface area contributed by atoms with Crippen LogP contribution >= 0.6 is 23.5 Å². The number of carbonyl (C=O) groups excluding carboxylic acids is 1. The summed E-state index contributed by atoms with van der Waals surface area (Å²) in [5.41, 5.74) is 3.26. The van der Waals surface area contributed by atoms with Gasteiger partial charge in [0.05, 0.1) is 0 Å². The topological polar surface area (TPSA) is 58.6 Å². The molecule has 0 atom stereocenters. The van der Waals surface area contributed by atoms with Gasteiger partial charge in [0.15, 0.2) is 0 Å². The molecule has 0 unspecified atom stereocenters. The van der Waals surface area contributed by atoms with Gasteiger partial charge in [-0.3, -0.25) is 4.79 Å². The van der Waals surface area contributed by atoms with Crippen molar-refractivity contribution in [2.24, 2.45) is 0 Å². The van der Waals surface area contributed by atoms with Crippen LogP contribution in [0, 0.1) is 0 Å². The molecule has 0 aliphatic carbocycles. The predicted octanol–water partition coefficient (Wildman–Crippen LogP) is 4.51. The molecule has 3 aromatic carbocycles. The Labute approximate surface area is 169 Å². The average molecular weight is 402 g/mol. The molecule has 3 aromatic rings. The highest BCUT2D eigenvalue weighted by Crippen LogP contribution is 2.32. The smallest absolute Gasteiger partial charge is 0.422 e. The van der Waals surface area contributed by atoms with Crippen molar-refractivity contribution in [1.29, 1.82) is 0 Å². The molecule has 138 valence electrons. The molecule has 4 nitrogen and oxygen atoms in total. The van der Waals surface area contributed by atoms with Gasteiger partial charge in [0, 0.05) is 40.6 Å². The fourth-order valence-electron chi connectivity index (χ4n) is 2.37. The second-order valence-corrected chi connectivity index (χ2v) is 6.14. The number of carbonyl (C=O) groups is 1. The van der Waals surface area contributed by atoms with Crippen molar-refractivity contribution in [3.63, 3.8) is 0 Å². The lowest BCUT2D eigenvalue weighted by Crippen LogP contribution is -2.30. The quantitative estimate of drug-likeness (QED) is 0.632. The Hall–Kier alpha value is -2.31. The second kappa shape index (κ2) is 10.7. The highest BCUT2D eigenvalue weighted by molar-refractivity contribution is 6.63. The first-order valence-corrected chi connectivity index (χ1v) is 8.83. The molecular formula is C20H18BCl2NO3. The molecule has 7 heteroatoms. The third-order valence-electron chi connectivity index (χ3n) is 3.57. The molecule has 0 spiro atoms. The van der Waals surface area contributed by atoms with E-state index in [2.05, 4.69) is 9.52 Å². The zero-order valence-corrected chi connectivity index (χ0v) is 16.1. The van der Waals surface area contributed by atoms with E-state index in [4.69, 9.17) is 28.5 Å². The Morgan fingerprint density at radius 3 is 2.07 bits per heavy atom. The van der Waals surface area contributed by atoms with Crippen molar-refractivity contribution in [1.82, 2.24) is 0 Å². The van der Waals surface area contributed by atoms with Gasteiger partial charge in [0.2, 0.25) is 5.91 Å². The molecule has 0 bridgehead atoms. The Kier molecular flexibility index (Phi) is 8.36. The Balaban J connectivity index is 0.000000223. The maximum Gasteiger partial charge on any atom is 0.508 e. The molecule has 27 heavy (non-hydrogen) atoms. The molecular weight excluding hydrogens is 384 g/mol. The highest BCUT2D eigenvalue weighted by atomic mass is 35.5. The van der Waals surface area contributed by atoms with E-state index < -0.39 is 7.12 Å². The summed E-state index contributed by atoms with van der Waals surface area (Å²) in [6.07, 6.45) is 0. The monoisotopic (exact) mass is 401 g/mol. The first-order chi connectivity index (χ1) is 13.0. The van der Waals surface area contributed by atoms with Gasteiger partial charge in [0.25, 0.3) is 0 Å². The van der Waals surface area contributed by atoms with Gasteiger partial charge >= 0.3 is 7.12 Å². The minimum Gasteiger partial charge on any atom is -0.422 e. The van der Waals surface area contributed by atoms with Gasteiger partial charge < -0.3 is 14.5 Å². The van der Waals surface area contributed by atoms with E-state index >= 15 is 0 Å². The van der Waals surface area contributed by atoms with Crippen LogP contribution in [0.4, 0.5) is 5.69 Å². The predicted molar refractivity (Wildman–Crippen MR) is 112 cm³/mol. The largest absolute Gasteiger partial charge is 0.508 e. The van der Waals surface area contributed by atoms with Crippen LogP contribution in [0.15, 0.2) is 78.9 Å². The third kappa shape index (κ3) is 6.42. The van der Waals surface area contributed by atoms with Crippen LogP contribution in [0.25, 0.3) is 11.1 Å². The Morgan fingerprint density at radius 2 is 1.48 bits per heavy atom. The normalized spacial score (nSPS) is 9.78. The van der Waals surface area contributed by atoms with Crippen molar-refractivity contribution in [3.05, 3.63) is 83.9 Å². The lowest BCUT2D eigenvalue weighted by molar-refractivity contribution is -0.114. The maximum atomic E-state index is 11.1. The number of halogens is 2. The minimum absolute atomic E-state index is 0.0931. The van der Waals surface area contributed by atoms with Gasteiger partial charge in [-0.25, -0.2) is 0 Å². The van der Waals surface area contributed by atoms with E-state index in [0.29, 0.717) is 10.5 Å². The minimum atomic E-state index is -1.03. The van der Waals surface area contributed by atoms with Crippen LogP contribution in [-0.4, -0.2) is 18.0 Å². The number of anilines is 1. The first-order valence-electron chi connectivity index (χ1n) is 8.15. The van der Waals surface area contributed by atoms with Crippen molar-refractivity contribution < 1.29 is 14.0 Å². The summed E-state index contributed by atoms with van der Waals surface area (Å²) in [4.78, 5) is 11.1. The fourth-order valence-corrected chi connectivity index (χ4v) is 2.71. The van der Waals surface area contributed by atoms with Crippen molar-refractivity contribution >= 4 is 47.6 Å². The van der Waals surface area contributed by atoms with Crippen LogP contribution in [-0.2, 0) is 9.00 Å². The van der Waals surface area contributed by atoms with Crippen molar-refractivity contribution in [2.45, 2.75) is 6.92 Å². The number of amides is 1. The van der Waals surface area contributed by atoms with Gasteiger partial charge in [-0.2, -0.15) is 0 Å². The molecule has 0 heterocycles. The van der Waals surface area contributed by atoms with Crippen LogP contribution in [0.2, 0.25) is 5.02 Å². The molecule has 2 N–H and O–H groups in total. The van der Waals surface area contributed by atoms with E-state index in [-0.39, 0.29) is 5.91 Å². The van der Waals surface area contributed by atoms with Gasteiger partial charge in [0.1, 0.15) is 0 Å². The summed E-state index contributed by atoms with van der Waals surface area (Å²) in [6, 6.07) is 24.1. The van der Waals surface area contributed by atoms with Crippen LogP contribution in [0.1, 0.15) is 6.92 Å². The van der Waals surface area contributed by atoms with Crippen molar-refractivity contribution in [3.8, 4) is 11.1 Å². The molecule has 0 saturated carbocycles. The van der Waals surface area contributed by atoms with Gasteiger partial charge in [-0.1, -0.05) is 78.3 Å². The summed E-state index contributed by atoms with van der Waals surface area (Å²) in [6.45, 7) is 1.49. The zero-order valence-electron chi connectivity index (χ0n) is 14.6. The third-order valence-corrected chi connectivity index (χ3v) is 4.07. The van der Waals surface area contributed by atoms with E-state index in [1.54, 1.807) is 24.3 Å². The number of hydrogen-bond donors (Lipinski definition) is 2. The van der Waals surface area contributed by atoms with Gasteiger partial charge in [-0.15, -0.1) is 0 Å². The van der Waals surface area contributed by atoms with Gasteiger partial charge in [-0.05, 0) is 17.6 Å². The Morgan fingerprint density at radius 1 is 0.926 bits per heavy atom. The zero-order chi connectivity index (χ0) is 19.6. The van der Waals surface area contributed by atoms with Crippen molar-refractivity contribution in [2.75, 3.05) is 5.32 Å². The number of hydrogen-bond acceptors (Lipinski definition) is 3. The fraction of sp³-hybridized carbons (Fsp3) is 0.0500. The summed E-state index contributed by atoms with van der Waals surface area (Å²) in [5.74, 6) is -0.0931. The van der Waals surface area contributed by atoms with E-state index in [0.717, 1.165) is 16.8 Å². The molecule has 0 aliphatic rings. The number of nitrogens with one attached hydrogen (secondary N) is 1. The summed E-state index contributed by atoms with van der Waals surface area (Å²) in [5, 5.41) is 12.4. The van der Waals surface area contributed by atoms with E-state index in [1.165, 1.54) is 6.92 Å². The number of rotatable bonds is 4. The molecule has 0 aliphatic heterocycles. The Bertz CT molecular complexity index is 878. The van der Waals surface area contributed by atoms with Crippen LogP contribution in [0.3, 0.4) is 0 Å². The van der Waals surface area contributed by atoms with E-state index in [1.807, 2.05) is 54.6 Å². The molecule has 3 rings (SSSR count). The molecule has 1 amide bonds. The lowest BCUT2D eigenvalue weighted by atomic mass is 9.81. The summed E-state index contributed by atoms with van der Waals surface area (Å²) < 4.78 is 4.16. The lowest BCUT2D eigenvalue weighted by Gasteiger charge is -2.11. The molecule has 0 fully saturated rings. The SMILES string of the molecule is CC(=O)Nc1ccccc1-c1ccccc1Cl.OB(OCl)c1ccccc1. The number of benzene rings is 3. The van der Waals surface area contributed by atoms with Crippen LogP contribution in [0.5, 0.6) is 0 Å². The molecule has 0 aromatic heterocycles. The van der Waals surface area contributed by atoms with Crippen LogP contribution < -0.4 is 10.8 Å². The molecule has 0 radical (unpaired) electrons. The highest BCUT2D eigenvalue weighted by Gasteiger charge is 2.14. The summed E-state index contributed by atoms with van der Waals surface area (Å²) in [7, 11) is -1.03. The maximum absolute atomic E-state index is 11.1. The first kappa shape index (κ1) is 21.0. The summed E-state index contributed by atoms with van der Waals surface area (Å²) >= 11 is 11.1. The molecule has 0 saturated heterocycles. The number of para-hydroxylation sites is 1. The second-order valence-electron chi connectivity index (χ2n) is 5.56. The van der Waals surface area contributed by atoms with E-state index in [9.17, 15) is 4.79 Å². The average Bonchev–Trinajstić information content (AvgIpc) is 2.69. The standard InChI is InChI=1S/C14H12ClNO.C6H6BClO2/c1-10(17)16-14-9-5-3-7-12(14)11-6-2-4-8-13(11)15;8-10-7(9)6-4-2-1-3-5-6/h2-9H,1H3,(H,16,17);1-5,9H.